The molecule has 0 aliphatic rings. The van der Waals surface area contributed by atoms with Crippen LogP contribution in [0.1, 0.15) is 21.5 Å². The van der Waals surface area contributed by atoms with Crippen LogP contribution in [0.3, 0.4) is 0 Å². The van der Waals surface area contributed by atoms with Gasteiger partial charge in [0.25, 0.3) is 0 Å². The molecule has 0 amide bonds. The maximum absolute atomic E-state index is 11.9. The fourth-order valence-corrected chi connectivity index (χ4v) is 3.80. The molecule has 0 saturated carbocycles. The average Bonchev–Trinajstić information content (AvgIpc) is 2.59. The van der Waals surface area contributed by atoms with E-state index in [0.717, 1.165) is 22.0 Å². The second-order valence-corrected chi connectivity index (χ2v) is 6.10. The third-order valence-electron chi connectivity index (χ3n) is 3.19. The van der Waals surface area contributed by atoms with Gasteiger partial charge in [-0.05, 0) is 29.3 Å². The number of halogens is 1. The predicted octanol–water partition coefficient (Wildman–Crippen LogP) is 4.67. The zero-order chi connectivity index (χ0) is 15.9. The van der Waals surface area contributed by atoms with E-state index in [0.29, 0.717) is 10.9 Å². The van der Waals surface area contributed by atoms with Gasteiger partial charge in [-0.25, -0.2) is 4.79 Å². The lowest BCUT2D eigenvalue weighted by molar-refractivity contribution is 0.0596. The van der Waals surface area contributed by atoms with Gasteiger partial charge in [0.05, 0.1) is 19.8 Å². The number of ether oxygens (including phenoxy) is 2. The lowest BCUT2D eigenvalue weighted by atomic mass is 10.1. The third-order valence-corrected chi connectivity index (χ3v) is 5.04. The van der Waals surface area contributed by atoms with Gasteiger partial charge in [-0.3, -0.25) is 0 Å². The summed E-state index contributed by atoms with van der Waals surface area (Å²) in [5.41, 5.74) is 2.87. The quantitative estimate of drug-likeness (QED) is 0.414. The lowest BCUT2D eigenvalue weighted by Crippen LogP contribution is -2.04. The lowest BCUT2D eigenvalue weighted by Gasteiger charge is -2.12. The fraction of sp³-hybridized carbons (Fsp3) is 0.235. The van der Waals surface area contributed by atoms with E-state index in [1.165, 1.54) is 12.7 Å². The van der Waals surface area contributed by atoms with E-state index >= 15 is 0 Å². The Balaban J connectivity index is 2.21. The number of alkyl halides is 1. The van der Waals surface area contributed by atoms with Crippen molar-refractivity contribution < 1.29 is 14.3 Å². The second kappa shape index (κ2) is 8.25. The molecule has 0 bridgehead atoms. The Morgan fingerprint density at radius 2 is 1.86 bits per heavy atom. The summed E-state index contributed by atoms with van der Waals surface area (Å²) < 4.78 is 10.0. The number of hydrogen-bond donors (Lipinski definition) is 0. The van der Waals surface area contributed by atoms with Gasteiger partial charge >= 0.3 is 5.97 Å². The molecule has 0 spiro atoms. The first kappa shape index (κ1) is 16.9. The smallest absolute Gasteiger partial charge is 0.339 e. The van der Waals surface area contributed by atoms with Gasteiger partial charge in [0.1, 0.15) is 5.75 Å². The normalized spacial score (nSPS) is 10.3. The van der Waals surface area contributed by atoms with Crippen LogP contribution in [0.15, 0.2) is 47.4 Å². The summed E-state index contributed by atoms with van der Waals surface area (Å²) in [6.45, 7) is 0. The minimum Gasteiger partial charge on any atom is -0.497 e. The highest BCUT2D eigenvalue weighted by Crippen LogP contribution is 2.32. The Labute approximate surface area is 143 Å². The van der Waals surface area contributed by atoms with Crippen LogP contribution in [0, 0.1) is 0 Å². The molecule has 5 heteroatoms. The third kappa shape index (κ3) is 4.05. The number of esters is 1. The molecule has 116 valence electrons. The zero-order valence-corrected chi connectivity index (χ0v) is 14.9. The summed E-state index contributed by atoms with van der Waals surface area (Å²) in [5.74, 6) is 1.31. The van der Waals surface area contributed by atoms with Gasteiger partial charge < -0.3 is 9.47 Å². The summed E-state index contributed by atoms with van der Waals surface area (Å²) in [7, 11) is 3.06. The number of methoxy groups -OCH3 is 2. The SMILES string of the molecule is COC(=O)c1cccc(CBr)c1SCc1ccc(OC)cc1. The van der Waals surface area contributed by atoms with Gasteiger partial charge in [0.2, 0.25) is 0 Å². The Morgan fingerprint density at radius 1 is 1.14 bits per heavy atom. The summed E-state index contributed by atoms with van der Waals surface area (Å²) in [6, 6.07) is 13.6. The molecule has 0 unspecified atom stereocenters. The molecule has 0 aliphatic heterocycles. The van der Waals surface area contributed by atoms with E-state index in [4.69, 9.17) is 9.47 Å². The number of carbonyl (C=O) groups is 1. The first-order valence-electron chi connectivity index (χ1n) is 6.71. The molecule has 0 heterocycles. The van der Waals surface area contributed by atoms with Crippen molar-refractivity contribution in [2.75, 3.05) is 14.2 Å². The first-order valence-corrected chi connectivity index (χ1v) is 8.82. The van der Waals surface area contributed by atoms with Gasteiger partial charge in [-0.1, -0.05) is 40.2 Å². The molecule has 3 nitrogen and oxygen atoms in total. The van der Waals surface area contributed by atoms with E-state index in [-0.39, 0.29) is 5.97 Å². The maximum atomic E-state index is 11.9. The van der Waals surface area contributed by atoms with Crippen LogP contribution in [0.4, 0.5) is 0 Å². The standard InChI is InChI=1S/C17H17BrO3S/c1-20-14-8-6-12(7-9-14)11-22-16-13(10-18)4-3-5-15(16)17(19)21-2/h3-9H,10-11H2,1-2H3. The van der Waals surface area contributed by atoms with E-state index in [9.17, 15) is 4.79 Å². The van der Waals surface area contributed by atoms with Crippen molar-refractivity contribution in [2.45, 2.75) is 16.0 Å². The average molecular weight is 381 g/mol. The number of rotatable bonds is 6. The Morgan fingerprint density at radius 3 is 2.45 bits per heavy atom. The van der Waals surface area contributed by atoms with Crippen molar-refractivity contribution in [3.63, 3.8) is 0 Å². The monoisotopic (exact) mass is 380 g/mol. The highest BCUT2D eigenvalue weighted by Gasteiger charge is 2.15. The van der Waals surface area contributed by atoms with Crippen molar-refractivity contribution in [3.05, 3.63) is 59.2 Å². The molecule has 0 aromatic heterocycles. The van der Waals surface area contributed by atoms with Gasteiger partial charge in [-0.15, -0.1) is 11.8 Å². The van der Waals surface area contributed by atoms with Crippen LogP contribution < -0.4 is 4.74 Å². The molecule has 2 aromatic carbocycles. The van der Waals surface area contributed by atoms with E-state index in [1.54, 1.807) is 24.9 Å². The highest BCUT2D eigenvalue weighted by atomic mass is 79.9. The molecule has 0 saturated heterocycles. The van der Waals surface area contributed by atoms with E-state index in [2.05, 4.69) is 15.9 Å². The minimum absolute atomic E-state index is 0.306. The number of hydrogen-bond acceptors (Lipinski definition) is 4. The zero-order valence-electron chi connectivity index (χ0n) is 12.5. The Kier molecular flexibility index (Phi) is 6.34. The summed E-state index contributed by atoms with van der Waals surface area (Å²) in [5, 5.41) is 0.697. The number of thioether (sulfide) groups is 1. The van der Waals surface area contributed by atoms with Crippen molar-refractivity contribution in [1.82, 2.24) is 0 Å². The minimum atomic E-state index is -0.306. The summed E-state index contributed by atoms with van der Waals surface area (Å²) in [6.07, 6.45) is 0. The van der Waals surface area contributed by atoms with E-state index < -0.39 is 0 Å². The maximum Gasteiger partial charge on any atom is 0.339 e. The van der Waals surface area contributed by atoms with Crippen LogP contribution in [0.5, 0.6) is 5.75 Å². The molecular weight excluding hydrogens is 364 g/mol. The van der Waals surface area contributed by atoms with E-state index in [1.807, 2.05) is 36.4 Å². The molecule has 0 N–H and O–H groups in total. The highest BCUT2D eigenvalue weighted by molar-refractivity contribution is 9.08. The van der Waals surface area contributed by atoms with Crippen molar-refractivity contribution in [1.29, 1.82) is 0 Å². The molecule has 2 rings (SSSR count). The second-order valence-electron chi connectivity index (χ2n) is 4.56. The van der Waals surface area contributed by atoms with Gasteiger partial charge in [0, 0.05) is 16.0 Å². The topological polar surface area (TPSA) is 35.5 Å². The number of carbonyl (C=O) groups excluding carboxylic acids is 1. The molecule has 0 atom stereocenters. The molecular formula is C17H17BrO3S. The van der Waals surface area contributed by atoms with Crippen LogP contribution in [0.2, 0.25) is 0 Å². The Bertz CT molecular complexity index is 641. The summed E-state index contributed by atoms with van der Waals surface area (Å²) in [4.78, 5) is 12.9. The van der Waals surface area contributed by atoms with Gasteiger partial charge in [0.15, 0.2) is 0 Å². The molecule has 0 fully saturated rings. The first-order chi connectivity index (χ1) is 10.7. The predicted molar refractivity (Wildman–Crippen MR) is 93.0 cm³/mol. The van der Waals surface area contributed by atoms with Gasteiger partial charge in [-0.2, -0.15) is 0 Å². The fourth-order valence-electron chi connectivity index (χ4n) is 2.01. The molecule has 22 heavy (non-hydrogen) atoms. The Hall–Kier alpha value is -1.46. The van der Waals surface area contributed by atoms with Crippen molar-refractivity contribution >= 4 is 33.7 Å². The van der Waals surface area contributed by atoms with Crippen molar-refractivity contribution in [3.8, 4) is 5.75 Å². The molecule has 0 radical (unpaired) electrons. The largest absolute Gasteiger partial charge is 0.497 e. The molecule has 2 aromatic rings. The van der Waals surface area contributed by atoms with Crippen LogP contribution in [-0.4, -0.2) is 20.2 Å². The van der Waals surface area contributed by atoms with Crippen LogP contribution in [0.25, 0.3) is 0 Å². The van der Waals surface area contributed by atoms with Crippen molar-refractivity contribution in [2.24, 2.45) is 0 Å². The van der Waals surface area contributed by atoms with Crippen LogP contribution >= 0.6 is 27.7 Å². The number of benzene rings is 2. The summed E-state index contributed by atoms with van der Waals surface area (Å²) >= 11 is 5.11. The molecule has 0 aliphatic carbocycles. The van der Waals surface area contributed by atoms with Crippen LogP contribution in [-0.2, 0) is 15.8 Å².